The van der Waals surface area contributed by atoms with Gasteiger partial charge in [0.15, 0.2) is 0 Å². The van der Waals surface area contributed by atoms with Crippen molar-refractivity contribution >= 4 is 24.6 Å². The molecule has 0 spiro atoms. The van der Waals surface area contributed by atoms with Crippen molar-refractivity contribution in [2.75, 3.05) is 26.2 Å². The smallest absolute Gasteiger partial charge is 0.410 e. The van der Waals surface area contributed by atoms with Crippen LogP contribution in [0.4, 0.5) is 4.79 Å². The Bertz CT molecular complexity index is 441. The zero-order valence-electron chi connectivity index (χ0n) is 13.5. The number of hydrogen-bond acceptors (Lipinski definition) is 5. The Morgan fingerprint density at radius 1 is 1.41 bits per heavy atom. The minimum absolute atomic E-state index is 0.0444. The lowest BCUT2D eigenvalue weighted by Crippen LogP contribution is -2.53. The van der Waals surface area contributed by atoms with Gasteiger partial charge in [-0.15, -0.1) is 0 Å². The molecule has 2 rings (SSSR count). The van der Waals surface area contributed by atoms with Gasteiger partial charge in [0, 0.05) is 37.8 Å². The second-order valence-corrected chi connectivity index (χ2v) is 8.05. The van der Waals surface area contributed by atoms with Gasteiger partial charge in [-0.2, -0.15) is 12.6 Å². The predicted molar refractivity (Wildman–Crippen MR) is 86.0 cm³/mol. The molecule has 2 amide bonds. The van der Waals surface area contributed by atoms with E-state index in [0.717, 1.165) is 0 Å². The van der Waals surface area contributed by atoms with E-state index in [4.69, 9.17) is 4.74 Å². The summed E-state index contributed by atoms with van der Waals surface area (Å²) in [7, 11) is 0. The fourth-order valence-corrected chi connectivity index (χ4v) is 3.20. The van der Waals surface area contributed by atoms with Crippen molar-refractivity contribution in [3.8, 4) is 0 Å². The second-order valence-electron chi connectivity index (χ2n) is 7.32. The van der Waals surface area contributed by atoms with Crippen molar-refractivity contribution in [3.63, 3.8) is 0 Å². The molecule has 1 atom stereocenters. The summed E-state index contributed by atoms with van der Waals surface area (Å²) in [6.45, 7) is 7.29. The van der Waals surface area contributed by atoms with Gasteiger partial charge in [0.05, 0.1) is 5.60 Å². The lowest BCUT2D eigenvalue weighted by Gasteiger charge is -2.40. The van der Waals surface area contributed by atoms with Crippen molar-refractivity contribution in [2.45, 2.75) is 56.5 Å². The molecule has 0 aromatic rings. The molecule has 2 aliphatic heterocycles. The van der Waals surface area contributed by atoms with Gasteiger partial charge in [-0.05, 0) is 33.6 Å². The highest BCUT2D eigenvalue weighted by molar-refractivity contribution is 7.81. The van der Waals surface area contributed by atoms with Crippen molar-refractivity contribution < 1.29 is 19.4 Å². The quantitative estimate of drug-likeness (QED) is 0.748. The molecule has 0 saturated carbocycles. The van der Waals surface area contributed by atoms with Crippen molar-refractivity contribution in [1.29, 1.82) is 0 Å². The van der Waals surface area contributed by atoms with E-state index in [-0.39, 0.29) is 17.3 Å². The van der Waals surface area contributed by atoms with Gasteiger partial charge in [-0.1, -0.05) is 0 Å². The number of hydrogen-bond donors (Lipinski definition) is 2. The molecule has 0 bridgehead atoms. The molecule has 2 saturated heterocycles. The van der Waals surface area contributed by atoms with Crippen LogP contribution < -0.4 is 0 Å². The number of piperidine rings is 1. The van der Waals surface area contributed by atoms with Gasteiger partial charge in [-0.3, -0.25) is 4.79 Å². The number of thiol groups is 1. The molecule has 1 unspecified atom stereocenters. The van der Waals surface area contributed by atoms with Crippen LogP contribution in [0.5, 0.6) is 0 Å². The third-order valence-electron chi connectivity index (χ3n) is 4.03. The number of aliphatic hydroxyl groups is 1. The topological polar surface area (TPSA) is 70.1 Å². The monoisotopic (exact) mass is 330 g/mol. The highest BCUT2D eigenvalue weighted by Crippen LogP contribution is 2.27. The molecule has 0 aromatic carbocycles. The molecule has 7 heteroatoms. The first-order valence-corrected chi connectivity index (χ1v) is 8.26. The number of amides is 2. The van der Waals surface area contributed by atoms with Crippen LogP contribution in [0.15, 0.2) is 0 Å². The number of likely N-dealkylation sites (tertiary alicyclic amines) is 2. The van der Waals surface area contributed by atoms with E-state index in [0.29, 0.717) is 45.4 Å². The zero-order valence-corrected chi connectivity index (χ0v) is 14.4. The van der Waals surface area contributed by atoms with Crippen LogP contribution in [0.25, 0.3) is 0 Å². The van der Waals surface area contributed by atoms with Gasteiger partial charge in [-0.25, -0.2) is 4.79 Å². The lowest BCUT2D eigenvalue weighted by atomic mass is 9.91. The minimum atomic E-state index is -0.925. The normalized spacial score (nSPS) is 25.5. The van der Waals surface area contributed by atoms with Gasteiger partial charge in [0.2, 0.25) is 5.91 Å². The van der Waals surface area contributed by atoms with Crippen molar-refractivity contribution in [3.05, 3.63) is 0 Å². The fraction of sp³-hybridized carbons (Fsp3) is 0.867. The number of ether oxygens (including phenoxy) is 1. The maximum atomic E-state index is 12.0. The molecule has 2 aliphatic rings. The first-order valence-electron chi connectivity index (χ1n) is 7.74. The average Bonchev–Trinajstić information content (AvgIpc) is 2.65. The molecule has 0 aromatic heterocycles. The predicted octanol–water partition coefficient (Wildman–Crippen LogP) is 1.28. The van der Waals surface area contributed by atoms with E-state index in [1.165, 1.54) is 0 Å². The third-order valence-corrected chi connectivity index (χ3v) is 4.37. The Kier molecular flexibility index (Phi) is 4.96. The fourth-order valence-electron chi connectivity index (χ4n) is 2.85. The van der Waals surface area contributed by atoms with Crippen molar-refractivity contribution in [1.82, 2.24) is 9.80 Å². The molecule has 0 aliphatic carbocycles. The third kappa shape index (κ3) is 4.52. The number of rotatable bonds is 2. The summed E-state index contributed by atoms with van der Waals surface area (Å²) in [5, 5.41) is 10.7. The van der Waals surface area contributed by atoms with Crippen LogP contribution in [-0.4, -0.2) is 69.5 Å². The van der Waals surface area contributed by atoms with Crippen LogP contribution in [0, 0.1) is 0 Å². The summed E-state index contributed by atoms with van der Waals surface area (Å²) in [6, 6.07) is 0. The van der Waals surface area contributed by atoms with Crippen LogP contribution in [0.3, 0.4) is 0 Å². The number of nitrogens with zero attached hydrogens (tertiary/aromatic N) is 2. The van der Waals surface area contributed by atoms with E-state index in [1.807, 2.05) is 20.8 Å². The van der Waals surface area contributed by atoms with E-state index in [9.17, 15) is 14.7 Å². The number of carbonyl (C=O) groups excluding carboxylic acids is 2. The molecule has 0 radical (unpaired) electrons. The maximum absolute atomic E-state index is 12.0. The van der Waals surface area contributed by atoms with Crippen LogP contribution in [0.1, 0.15) is 40.0 Å². The highest BCUT2D eigenvalue weighted by atomic mass is 32.1. The molecule has 6 nitrogen and oxygen atoms in total. The first kappa shape index (κ1) is 17.4. The van der Waals surface area contributed by atoms with Crippen LogP contribution >= 0.6 is 12.6 Å². The molecule has 1 N–H and O–H groups in total. The molecular weight excluding hydrogens is 304 g/mol. The highest BCUT2D eigenvalue weighted by Gasteiger charge is 2.39. The van der Waals surface area contributed by atoms with Crippen LogP contribution in [-0.2, 0) is 9.53 Å². The van der Waals surface area contributed by atoms with Gasteiger partial charge < -0.3 is 19.6 Å². The molecular formula is C15H26N2O4S. The maximum Gasteiger partial charge on any atom is 0.410 e. The van der Waals surface area contributed by atoms with E-state index >= 15 is 0 Å². The summed E-state index contributed by atoms with van der Waals surface area (Å²) in [5.41, 5.74) is -1.44. The summed E-state index contributed by atoms with van der Waals surface area (Å²) in [5.74, 6) is 0.0444. The number of carbonyl (C=O) groups is 2. The molecule has 2 heterocycles. The first-order chi connectivity index (χ1) is 10.1. The minimum Gasteiger partial charge on any atom is -0.444 e. The van der Waals surface area contributed by atoms with Gasteiger partial charge in [0.1, 0.15) is 5.60 Å². The Morgan fingerprint density at radius 2 is 2.00 bits per heavy atom. The van der Waals surface area contributed by atoms with E-state index in [2.05, 4.69) is 12.6 Å². The summed E-state index contributed by atoms with van der Waals surface area (Å²) < 4.78 is 5.34. The Balaban J connectivity index is 1.85. The standard InChI is InChI=1S/C15H26N2O4S/c1-14(2,3)21-13(19)16-6-4-15(20,5-7-16)10-17-9-11(22)8-12(17)18/h11,20,22H,4-10H2,1-3H3. The molecule has 2 fully saturated rings. The average molecular weight is 330 g/mol. The SMILES string of the molecule is CC(C)(C)OC(=O)N1CCC(O)(CN2CC(S)CC2=O)CC1. The number of β-amino-alcohol motifs (C(OH)–C–C–N with tert-alkyl or cyclic N) is 1. The Morgan fingerprint density at radius 3 is 2.45 bits per heavy atom. The van der Waals surface area contributed by atoms with Crippen LogP contribution in [0.2, 0.25) is 0 Å². The van der Waals surface area contributed by atoms with Gasteiger partial charge in [0.25, 0.3) is 0 Å². The lowest BCUT2D eigenvalue weighted by molar-refractivity contribution is -0.132. The molecule has 22 heavy (non-hydrogen) atoms. The summed E-state index contributed by atoms with van der Waals surface area (Å²) in [6.07, 6.45) is 0.992. The largest absolute Gasteiger partial charge is 0.444 e. The molecule has 126 valence electrons. The summed E-state index contributed by atoms with van der Waals surface area (Å²) >= 11 is 4.32. The summed E-state index contributed by atoms with van der Waals surface area (Å²) in [4.78, 5) is 27.1. The second kappa shape index (κ2) is 6.28. The van der Waals surface area contributed by atoms with Gasteiger partial charge >= 0.3 is 6.09 Å². The zero-order chi connectivity index (χ0) is 16.5. The van der Waals surface area contributed by atoms with Crippen molar-refractivity contribution in [2.24, 2.45) is 0 Å². The Labute approximate surface area is 137 Å². The van der Waals surface area contributed by atoms with E-state index in [1.54, 1.807) is 9.80 Å². The Hall–Kier alpha value is -0.950. The van der Waals surface area contributed by atoms with E-state index < -0.39 is 11.2 Å².